The Bertz CT molecular complexity index is 668. The lowest BCUT2D eigenvalue weighted by Crippen LogP contribution is -2.58. The molecule has 4 aliphatic heterocycles. The van der Waals surface area contributed by atoms with Crippen LogP contribution in [0.2, 0.25) is 0 Å². The largest absolute Gasteiger partial charge is 0.497 e. The molecular weight excluding hydrogens is 284 g/mol. The Hall–Kier alpha value is -1.35. The normalized spacial score (nSPS) is 40.2. The van der Waals surface area contributed by atoms with E-state index in [1.807, 2.05) is 0 Å². The molecule has 4 fully saturated rings. The molecule has 4 bridgehead atoms. The highest BCUT2D eigenvalue weighted by molar-refractivity contribution is 6.00. The minimum atomic E-state index is 0.534. The second-order valence-electron chi connectivity index (χ2n) is 7.90. The first-order valence-electron chi connectivity index (χ1n) is 9.29. The summed E-state index contributed by atoms with van der Waals surface area (Å²) in [4.78, 5) is 7.97. The number of rotatable bonds is 2. The van der Waals surface area contributed by atoms with E-state index in [1.54, 1.807) is 7.11 Å². The second-order valence-corrected chi connectivity index (χ2v) is 7.90. The van der Waals surface area contributed by atoms with Crippen LogP contribution >= 0.6 is 0 Å². The maximum Gasteiger partial charge on any atom is 0.119 e. The maximum absolute atomic E-state index is 5.46. The molecule has 23 heavy (non-hydrogen) atoms. The minimum absolute atomic E-state index is 0.534. The number of methoxy groups -OCH3 is 1. The second kappa shape index (κ2) is 5.07. The van der Waals surface area contributed by atoms with E-state index in [0.29, 0.717) is 11.8 Å². The molecule has 6 atom stereocenters. The maximum atomic E-state index is 5.46. The fourth-order valence-corrected chi connectivity index (χ4v) is 5.95. The van der Waals surface area contributed by atoms with Crippen LogP contribution in [-0.2, 0) is 0 Å². The van der Waals surface area contributed by atoms with Gasteiger partial charge in [0.1, 0.15) is 5.75 Å². The van der Waals surface area contributed by atoms with E-state index in [4.69, 9.17) is 9.73 Å². The highest BCUT2D eigenvalue weighted by atomic mass is 16.5. The van der Waals surface area contributed by atoms with Crippen LogP contribution in [0.25, 0.3) is 0 Å². The van der Waals surface area contributed by atoms with Crippen LogP contribution in [0.5, 0.6) is 5.75 Å². The van der Waals surface area contributed by atoms with Crippen molar-refractivity contribution in [1.29, 1.82) is 0 Å². The zero-order valence-electron chi connectivity index (χ0n) is 14.2. The molecule has 6 rings (SSSR count). The number of fused-ring (bicyclic) bond motifs is 4. The van der Waals surface area contributed by atoms with Crippen molar-refractivity contribution in [3.8, 4) is 5.75 Å². The smallest absolute Gasteiger partial charge is 0.119 e. The Morgan fingerprint density at radius 1 is 1.30 bits per heavy atom. The van der Waals surface area contributed by atoms with E-state index >= 15 is 0 Å². The van der Waals surface area contributed by atoms with Crippen LogP contribution < -0.4 is 4.74 Å². The van der Waals surface area contributed by atoms with E-state index in [1.165, 1.54) is 55.7 Å². The third-order valence-electron chi connectivity index (χ3n) is 6.86. The summed E-state index contributed by atoms with van der Waals surface area (Å²) in [6.45, 7) is 4.96. The van der Waals surface area contributed by atoms with Crippen LogP contribution in [0.3, 0.4) is 0 Å². The van der Waals surface area contributed by atoms with Gasteiger partial charge in [0.15, 0.2) is 0 Å². The molecule has 4 heterocycles. The predicted octanol–water partition coefficient (Wildman–Crippen LogP) is 4.01. The fourth-order valence-electron chi connectivity index (χ4n) is 5.95. The van der Waals surface area contributed by atoms with Crippen molar-refractivity contribution in [2.24, 2.45) is 22.7 Å². The van der Waals surface area contributed by atoms with Crippen molar-refractivity contribution >= 4 is 11.4 Å². The number of hydrogen-bond donors (Lipinski definition) is 0. The summed E-state index contributed by atoms with van der Waals surface area (Å²) in [7, 11) is 1.76. The Morgan fingerprint density at radius 2 is 2.22 bits per heavy atom. The van der Waals surface area contributed by atoms with E-state index in [-0.39, 0.29) is 0 Å². The number of piperidine rings is 2. The first-order chi connectivity index (χ1) is 11.3. The molecule has 1 saturated carbocycles. The molecule has 3 heteroatoms. The van der Waals surface area contributed by atoms with Crippen LogP contribution in [0.1, 0.15) is 44.1 Å². The van der Waals surface area contributed by atoms with Gasteiger partial charge in [-0.05, 0) is 61.4 Å². The summed E-state index contributed by atoms with van der Waals surface area (Å²) in [6, 6.07) is 7.20. The number of aliphatic imine (C=N–C) groups is 1. The molecular formula is C20H26N2O. The Morgan fingerprint density at radius 3 is 3.04 bits per heavy atom. The van der Waals surface area contributed by atoms with Gasteiger partial charge < -0.3 is 4.74 Å². The molecule has 1 aromatic carbocycles. The highest BCUT2D eigenvalue weighted by Crippen LogP contribution is 2.52. The molecule has 0 aromatic heterocycles. The Kier molecular flexibility index (Phi) is 3.09. The van der Waals surface area contributed by atoms with Crippen molar-refractivity contribution < 1.29 is 4.74 Å². The van der Waals surface area contributed by atoms with Crippen molar-refractivity contribution in [3.63, 3.8) is 0 Å². The van der Waals surface area contributed by atoms with Gasteiger partial charge >= 0.3 is 0 Å². The van der Waals surface area contributed by atoms with E-state index in [9.17, 15) is 0 Å². The molecule has 0 radical (unpaired) electrons. The van der Waals surface area contributed by atoms with Crippen molar-refractivity contribution in [1.82, 2.24) is 4.90 Å². The SMILES string of the molecule is CCC1CC2CC3C4=Nc5ccc(OC)cc5C4CCN(C2)C13. The third kappa shape index (κ3) is 1.95. The lowest BCUT2D eigenvalue weighted by atomic mass is 9.64. The van der Waals surface area contributed by atoms with Crippen molar-refractivity contribution in [3.05, 3.63) is 23.8 Å². The summed E-state index contributed by atoms with van der Waals surface area (Å²) < 4.78 is 5.46. The van der Waals surface area contributed by atoms with Crippen molar-refractivity contribution in [2.75, 3.05) is 20.2 Å². The molecule has 1 aromatic rings. The summed E-state index contributed by atoms with van der Waals surface area (Å²) >= 11 is 0. The lowest BCUT2D eigenvalue weighted by molar-refractivity contribution is -0.0172. The molecule has 122 valence electrons. The monoisotopic (exact) mass is 310 g/mol. The first-order valence-corrected chi connectivity index (χ1v) is 9.29. The quantitative estimate of drug-likeness (QED) is 0.824. The summed E-state index contributed by atoms with van der Waals surface area (Å²) in [5.74, 6) is 3.98. The Labute approximate surface area is 138 Å². The topological polar surface area (TPSA) is 24.8 Å². The zero-order valence-corrected chi connectivity index (χ0v) is 14.2. The van der Waals surface area contributed by atoms with Crippen LogP contribution in [-0.4, -0.2) is 36.9 Å². The van der Waals surface area contributed by atoms with Gasteiger partial charge in [0.05, 0.1) is 12.8 Å². The van der Waals surface area contributed by atoms with Crippen LogP contribution in [0.15, 0.2) is 23.2 Å². The van der Waals surface area contributed by atoms with Gasteiger partial charge in [-0.3, -0.25) is 9.89 Å². The molecule has 3 nitrogen and oxygen atoms in total. The Balaban J connectivity index is 1.57. The number of ether oxygens (including phenoxy) is 1. The van der Waals surface area contributed by atoms with Gasteiger partial charge in [-0.25, -0.2) is 0 Å². The molecule has 6 unspecified atom stereocenters. The van der Waals surface area contributed by atoms with Gasteiger partial charge in [-0.15, -0.1) is 0 Å². The van der Waals surface area contributed by atoms with Crippen LogP contribution in [0, 0.1) is 17.8 Å². The predicted molar refractivity (Wildman–Crippen MR) is 92.8 cm³/mol. The summed E-state index contributed by atoms with van der Waals surface area (Å²) in [6.07, 6.45) is 5.38. The van der Waals surface area contributed by atoms with Gasteiger partial charge in [-0.1, -0.05) is 13.3 Å². The molecule has 0 amide bonds. The zero-order chi connectivity index (χ0) is 15.6. The first kappa shape index (κ1) is 14.0. The van der Waals surface area contributed by atoms with E-state index in [2.05, 4.69) is 30.0 Å². The number of hydrogen-bond acceptors (Lipinski definition) is 3. The van der Waals surface area contributed by atoms with Gasteiger partial charge in [0.25, 0.3) is 0 Å². The van der Waals surface area contributed by atoms with Gasteiger partial charge in [0.2, 0.25) is 0 Å². The molecule has 1 aliphatic carbocycles. The number of nitrogens with zero attached hydrogens (tertiary/aromatic N) is 2. The molecule has 3 saturated heterocycles. The van der Waals surface area contributed by atoms with Crippen LogP contribution in [0.4, 0.5) is 5.69 Å². The van der Waals surface area contributed by atoms with E-state index in [0.717, 1.165) is 23.6 Å². The third-order valence-corrected chi connectivity index (χ3v) is 6.86. The summed E-state index contributed by atoms with van der Waals surface area (Å²) in [5, 5.41) is 0. The fraction of sp³-hybridized carbons (Fsp3) is 0.650. The average molecular weight is 310 g/mol. The van der Waals surface area contributed by atoms with Crippen molar-refractivity contribution in [2.45, 2.75) is 44.6 Å². The number of benzene rings is 1. The molecule has 0 N–H and O–H groups in total. The lowest BCUT2D eigenvalue weighted by Gasteiger charge is -2.53. The van der Waals surface area contributed by atoms with E-state index < -0.39 is 0 Å². The van der Waals surface area contributed by atoms with Gasteiger partial charge in [0, 0.05) is 30.1 Å². The standard InChI is InChI=1S/C20H26N2O/c1-3-13-8-12-9-17-19-15(6-7-22(11-12)20(13)17)16-10-14(23-2)4-5-18(16)21-19/h4-5,10,12-13,15,17,20H,3,6-9,11H2,1-2H3. The average Bonchev–Trinajstić information content (AvgIpc) is 2.92. The molecule has 5 aliphatic rings. The molecule has 0 spiro atoms. The minimum Gasteiger partial charge on any atom is -0.497 e. The highest BCUT2D eigenvalue weighted by Gasteiger charge is 2.51. The van der Waals surface area contributed by atoms with Gasteiger partial charge in [-0.2, -0.15) is 0 Å². The summed E-state index contributed by atoms with van der Waals surface area (Å²) in [5.41, 5.74) is 4.12.